The van der Waals surface area contributed by atoms with Crippen LogP contribution < -0.4 is 4.74 Å². The molecular formula is C27H31BrN2O4. The van der Waals surface area contributed by atoms with Crippen molar-refractivity contribution < 1.29 is 19.4 Å². The number of likely N-dealkylation sites (tertiary alicyclic amines) is 1. The highest BCUT2D eigenvalue weighted by Crippen LogP contribution is 2.41. The maximum atomic E-state index is 13.2. The minimum atomic E-state index is -0.643. The number of ketones is 1. The molecule has 0 saturated carbocycles. The van der Waals surface area contributed by atoms with Gasteiger partial charge in [0.25, 0.3) is 11.7 Å². The lowest BCUT2D eigenvalue weighted by molar-refractivity contribution is -0.140. The number of aliphatic hydroxyl groups is 1. The maximum Gasteiger partial charge on any atom is 0.295 e. The predicted octanol–water partition coefficient (Wildman–Crippen LogP) is 4.93. The Morgan fingerprint density at radius 2 is 1.94 bits per heavy atom. The molecule has 180 valence electrons. The van der Waals surface area contributed by atoms with E-state index in [9.17, 15) is 14.7 Å². The van der Waals surface area contributed by atoms with Crippen LogP contribution in [0.2, 0.25) is 0 Å². The van der Waals surface area contributed by atoms with E-state index < -0.39 is 17.7 Å². The average molecular weight is 527 g/mol. The standard InChI is InChI=1S/C27H31BrN2O4/c1-4-29(5-2)12-7-13-30-24(18-8-6-9-21(28)16-18)23(26(32)27(30)33)25(31)19-10-11-22-20(15-19)14-17(3)34-22/h6,8-11,15-17,24,31H,4-5,7,12-14H2,1-3H3/b25-23+/t17-,24+/m1/s1. The topological polar surface area (TPSA) is 70.1 Å². The lowest BCUT2D eigenvalue weighted by Gasteiger charge is -2.27. The smallest absolute Gasteiger partial charge is 0.295 e. The van der Waals surface area contributed by atoms with Crippen molar-refractivity contribution >= 4 is 33.4 Å². The van der Waals surface area contributed by atoms with Gasteiger partial charge in [0.2, 0.25) is 0 Å². The van der Waals surface area contributed by atoms with Crippen LogP contribution in [0.15, 0.2) is 52.5 Å². The van der Waals surface area contributed by atoms with Crippen molar-refractivity contribution in [2.75, 3.05) is 26.2 Å². The SMILES string of the molecule is CCN(CC)CCCN1C(=O)C(=O)/C(=C(/O)c2ccc3c(c2)C[C@@H](C)O3)[C@@H]1c1cccc(Br)c1. The first-order valence-electron chi connectivity index (χ1n) is 11.9. The third kappa shape index (κ3) is 4.77. The monoisotopic (exact) mass is 526 g/mol. The predicted molar refractivity (Wildman–Crippen MR) is 136 cm³/mol. The van der Waals surface area contributed by atoms with Crippen molar-refractivity contribution in [2.24, 2.45) is 0 Å². The molecule has 2 atom stereocenters. The molecule has 0 unspecified atom stereocenters. The Labute approximate surface area is 209 Å². The molecule has 1 amide bonds. The van der Waals surface area contributed by atoms with Crippen molar-refractivity contribution in [2.45, 2.75) is 45.8 Å². The summed E-state index contributed by atoms with van der Waals surface area (Å²) in [7, 11) is 0. The van der Waals surface area contributed by atoms with Gasteiger partial charge < -0.3 is 19.6 Å². The number of hydrogen-bond acceptors (Lipinski definition) is 5. The summed E-state index contributed by atoms with van der Waals surface area (Å²) < 4.78 is 6.62. The Bertz CT molecular complexity index is 1130. The number of Topliss-reactive ketones (excluding diaryl/α,β-unsaturated/α-hetero) is 1. The molecule has 2 aliphatic rings. The molecule has 2 aromatic carbocycles. The van der Waals surface area contributed by atoms with Crippen LogP contribution in [0.1, 0.15) is 49.9 Å². The fourth-order valence-electron chi connectivity index (χ4n) is 4.86. The highest BCUT2D eigenvalue weighted by molar-refractivity contribution is 9.10. The van der Waals surface area contributed by atoms with E-state index in [1.54, 1.807) is 11.0 Å². The van der Waals surface area contributed by atoms with Gasteiger partial charge in [0.1, 0.15) is 17.6 Å². The molecule has 0 aromatic heterocycles. The van der Waals surface area contributed by atoms with Crippen molar-refractivity contribution in [3.05, 3.63) is 69.2 Å². The Kier molecular flexibility index (Phi) is 7.43. The van der Waals surface area contributed by atoms with E-state index >= 15 is 0 Å². The number of nitrogens with zero attached hydrogens (tertiary/aromatic N) is 2. The number of benzene rings is 2. The molecule has 0 radical (unpaired) electrons. The molecule has 2 heterocycles. The van der Waals surface area contributed by atoms with Crippen LogP contribution >= 0.6 is 15.9 Å². The fourth-order valence-corrected chi connectivity index (χ4v) is 5.28. The summed E-state index contributed by atoms with van der Waals surface area (Å²) in [5, 5.41) is 11.3. The highest BCUT2D eigenvalue weighted by Gasteiger charge is 2.46. The second kappa shape index (κ2) is 10.3. The Balaban J connectivity index is 1.73. The van der Waals surface area contributed by atoms with Gasteiger partial charge in [0.05, 0.1) is 11.6 Å². The molecule has 1 N–H and O–H groups in total. The summed E-state index contributed by atoms with van der Waals surface area (Å²) in [6.07, 6.45) is 1.56. The second-order valence-electron chi connectivity index (χ2n) is 8.88. The summed E-state index contributed by atoms with van der Waals surface area (Å²) in [5.41, 5.74) is 2.44. The quantitative estimate of drug-likeness (QED) is 0.300. The van der Waals surface area contributed by atoms with Crippen LogP contribution in [0.25, 0.3) is 5.76 Å². The number of amides is 1. The number of halogens is 1. The van der Waals surface area contributed by atoms with Gasteiger partial charge in [-0.3, -0.25) is 9.59 Å². The third-order valence-electron chi connectivity index (χ3n) is 6.64. The van der Waals surface area contributed by atoms with Gasteiger partial charge in [-0.2, -0.15) is 0 Å². The van der Waals surface area contributed by atoms with Crippen LogP contribution in [0.3, 0.4) is 0 Å². The third-order valence-corrected chi connectivity index (χ3v) is 7.13. The van der Waals surface area contributed by atoms with Crippen molar-refractivity contribution in [1.82, 2.24) is 9.80 Å². The summed E-state index contributed by atoms with van der Waals surface area (Å²) in [6, 6.07) is 12.4. The van der Waals surface area contributed by atoms with Gasteiger partial charge in [-0.25, -0.2) is 0 Å². The van der Waals surface area contributed by atoms with Gasteiger partial charge in [-0.15, -0.1) is 0 Å². The van der Waals surface area contributed by atoms with E-state index in [0.29, 0.717) is 12.1 Å². The zero-order valence-corrected chi connectivity index (χ0v) is 21.5. The van der Waals surface area contributed by atoms with E-state index in [1.165, 1.54) is 0 Å². The molecule has 0 bridgehead atoms. The minimum Gasteiger partial charge on any atom is -0.507 e. The normalized spacial score (nSPS) is 21.3. The number of hydrogen-bond donors (Lipinski definition) is 1. The van der Waals surface area contributed by atoms with Crippen LogP contribution in [-0.4, -0.2) is 58.9 Å². The summed E-state index contributed by atoms with van der Waals surface area (Å²) in [6.45, 7) is 9.36. The zero-order valence-electron chi connectivity index (χ0n) is 19.9. The van der Waals surface area contributed by atoms with Gasteiger partial charge in [-0.05, 0) is 74.4 Å². The minimum absolute atomic E-state index is 0.0745. The van der Waals surface area contributed by atoms with E-state index in [1.807, 2.05) is 43.3 Å². The number of ether oxygens (including phenoxy) is 1. The number of carbonyl (C=O) groups is 2. The molecule has 34 heavy (non-hydrogen) atoms. The number of rotatable bonds is 8. The van der Waals surface area contributed by atoms with Gasteiger partial charge in [0.15, 0.2) is 0 Å². The molecule has 6 nitrogen and oxygen atoms in total. The first-order valence-corrected chi connectivity index (χ1v) is 12.7. The molecule has 2 aliphatic heterocycles. The van der Waals surface area contributed by atoms with Crippen molar-refractivity contribution in [1.29, 1.82) is 0 Å². The lowest BCUT2D eigenvalue weighted by atomic mass is 9.94. The molecule has 7 heteroatoms. The fraction of sp³-hybridized carbons (Fsp3) is 0.407. The molecule has 1 fully saturated rings. The van der Waals surface area contributed by atoms with E-state index in [-0.39, 0.29) is 17.4 Å². The number of aliphatic hydroxyl groups excluding tert-OH is 1. The van der Waals surface area contributed by atoms with Crippen LogP contribution in [0.5, 0.6) is 5.75 Å². The number of carbonyl (C=O) groups excluding carboxylic acids is 2. The second-order valence-corrected chi connectivity index (χ2v) is 9.80. The molecule has 1 saturated heterocycles. The largest absolute Gasteiger partial charge is 0.507 e. The van der Waals surface area contributed by atoms with Crippen molar-refractivity contribution in [3.8, 4) is 5.75 Å². The molecule has 0 spiro atoms. The first kappa shape index (κ1) is 24.5. The highest BCUT2D eigenvalue weighted by atomic mass is 79.9. The molecule has 2 aromatic rings. The summed E-state index contributed by atoms with van der Waals surface area (Å²) in [5.74, 6) is -0.555. The van der Waals surface area contributed by atoms with Gasteiger partial charge in [-0.1, -0.05) is 41.9 Å². The zero-order chi connectivity index (χ0) is 24.4. The van der Waals surface area contributed by atoms with Gasteiger partial charge in [0, 0.05) is 23.0 Å². The van der Waals surface area contributed by atoms with Crippen LogP contribution in [-0.2, 0) is 16.0 Å². The molecular weight excluding hydrogens is 496 g/mol. The Morgan fingerprint density at radius 1 is 1.18 bits per heavy atom. The van der Waals surface area contributed by atoms with E-state index in [0.717, 1.165) is 53.8 Å². The average Bonchev–Trinajstić information content (AvgIpc) is 3.32. The number of fused-ring (bicyclic) bond motifs is 1. The summed E-state index contributed by atoms with van der Waals surface area (Å²) in [4.78, 5) is 30.3. The molecule has 4 rings (SSSR count). The van der Waals surface area contributed by atoms with Crippen LogP contribution in [0, 0.1) is 0 Å². The van der Waals surface area contributed by atoms with Gasteiger partial charge >= 0.3 is 0 Å². The maximum absolute atomic E-state index is 13.2. The first-order chi connectivity index (χ1) is 16.3. The Hall–Kier alpha value is -2.64. The van der Waals surface area contributed by atoms with E-state index in [4.69, 9.17) is 4.74 Å². The lowest BCUT2D eigenvalue weighted by Crippen LogP contribution is -2.33. The van der Waals surface area contributed by atoms with E-state index in [2.05, 4.69) is 34.7 Å². The Morgan fingerprint density at radius 3 is 2.65 bits per heavy atom. The molecule has 0 aliphatic carbocycles. The van der Waals surface area contributed by atoms with Crippen LogP contribution in [0.4, 0.5) is 0 Å². The summed E-state index contributed by atoms with van der Waals surface area (Å²) >= 11 is 3.50. The van der Waals surface area contributed by atoms with Crippen molar-refractivity contribution in [3.63, 3.8) is 0 Å².